The highest BCUT2D eigenvalue weighted by Crippen LogP contribution is 2.22. The predicted octanol–water partition coefficient (Wildman–Crippen LogP) is 1.85. The topological polar surface area (TPSA) is 98.3 Å². The molecule has 0 aliphatic heterocycles. The third-order valence-corrected chi connectivity index (χ3v) is 3.08. The van der Waals surface area contributed by atoms with Crippen LogP contribution in [-0.2, 0) is 11.3 Å². The minimum atomic E-state index is -0.510. The fraction of sp³-hybridized carbons (Fsp3) is 0.417. The fourth-order valence-corrected chi connectivity index (χ4v) is 1.92. The molecule has 3 N–H and O–H groups in total. The van der Waals surface area contributed by atoms with Gasteiger partial charge in [-0.1, -0.05) is 25.4 Å². The van der Waals surface area contributed by atoms with Crippen molar-refractivity contribution in [2.45, 2.75) is 26.4 Å². The van der Waals surface area contributed by atoms with E-state index in [-0.39, 0.29) is 16.6 Å². The first-order valence-corrected chi connectivity index (χ1v) is 6.16. The molecule has 1 amide bonds. The van der Waals surface area contributed by atoms with Gasteiger partial charge in [-0.05, 0) is 17.5 Å². The van der Waals surface area contributed by atoms with E-state index < -0.39 is 16.9 Å². The van der Waals surface area contributed by atoms with E-state index in [1.165, 1.54) is 12.1 Å². The standard InChI is InChI=1S/C12H16ClN3O3/c1-7(2)11(12(14)17)15-6-8-3-4-9(16(18)19)5-10(8)13/h3-5,7,11,15H,6H2,1-2H3,(H2,14,17). The van der Waals surface area contributed by atoms with Crippen LogP contribution in [0.25, 0.3) is 0 Å². The van der Waals surface area contributed by atoms with Gasteiger partial charge in [-0.2, -0.15) is 0 Å². The van der Waals surface area contributed by atoms with E-state index in [2.05, 4.69) is 5.32 Å². The molecule has 1 aromatic rings. The molecule has 104 valence electrons. The van der Waals surface area contributed by atoms with Crippen molar-refractivity contribution in [1.82, 2.24) is 5.32 Å². The molecule has 1 atom stereocenters. The van der Waals surface area contributed by atoms with Crippen molar-refractivity contribution >= 4 is 23.2 Å². The lowest BCUT2D eigenvalue weighted by Gasteiger charge is -2.19. The molecule has 0 heterocycles. The van der Waals surface area contributed by atoms with Crippen molar-refractivity contribution in [2.75, 3.05) is 0 Å². The number of rotatable bonds is 6. The Labute approximate surface area is 116 Å². The van der Waals surface area contributed by atoms with Crippen molar-refractivity contribution in [2.24, 2.45) is 11.7 Å². The van der Waals surface area contributed by atoms with E-state index in [0.717, 1.165) is 0 Å². The Bertz CT molecular complexity index is 491. The summed E-state index contributed by atoms with van der Waals surface area (Å²) in [6.45, 7) is 4.07. The SMILES string of the molecule is CC(C)C(NCc1ccc([N+](=O)[O-])cc1Cl)C(N)=O. The van der Waals surface area contributed by atoms with Crippen molar-refractivity contribution in [3.63, 3.8) is 0 Å². The van der Waals surface area contributed by atoms with Gasteiger partial charge in [-0.25, -0.2) is 0 Å². The number of nitrogens with zero attached hydrogens (tertiary/aromatic N) is 1. The minimum absolute atomic E-state index is 0.0503. The lowest BCUT2D eigenvalue weighted by molar-refractivity contribution is -0.384. The third-order valence-electron chi connectivity index (χ3n) is 2.73. The highest BCUT2D eigenvalue weighted by molar-refractivity contribution is 6.31. The number of nitrogens with one attached hydrogen (secondary N) is 1. The second-order valence-corrected chi connectivity index (χ2v) is 4.94. The van der Waals surface area contributed by atoms with Gasteiger partial charge in [-0.3, -0.25) is 14.9 Å². The normalized spacial score (nSPS) is 12.4. The predicted molar refractivity (Wildman–Crippen MR) is 72.8 cm³/mol. The van der Waals surface area contributed by atoms with E-state index in [1.807, 2.05) is 13.8 Å². The third kappa shape index (κ3) is 4.18. The van der Waals surface area contributed by atoms with Gasteiger partial charge in [0.05, 0.1) is 16.0 Å². The van der Waals surface area contributed by atoms with Crippen LogP contribution in [0.2, 0.25) is 5.02 Å². The van der Waals surface area contributed by atoms with Crippen LogP contribution in [0.15, 0.2) is 18.2 Å². The summed E-state index contributed by atoms with van der Waals surface area (Å²) in [4.78, 5) is 21.3. The van der Waals surface area contributed by atoms with Crippen LogP contribution in [0.5, 0.6) is 0 Å². The molecule has 0 saturated carbocycles. The Balaban J connectivity index is 2.78. The molecule has 0 spiro atoms. The van der Waals surface area contributed by atoms with Crippen LogP contribution in [-0.4, -0.2) is 16.9 Å². The summed E-state index contributed by atoms with van der Waals surface area (Å²) in [5, 5.41) is 13.9. The second kappa shape index (κ2) is 6.49. The molecule has 0 aliphatic carbocycles. The van der Waals surface area contributed by atoms with Crippen LogP contribution in [0.4, 0.5) is 5.69 Å². The van der Waals surface area contributed by atoms with Crippen molar-refractivity contribution in [3.8, 4) is 0 Å². The molecule has 0 fully saturated rings. The van der Waals surface area contributed by atoms with E-state index >= 15 is 0 Å². The number of halogens is 1. The van der Waals surface area contributed by atoms with Crippen LogP contribution >= 0.6 is 11.6 Å². The molecule has 1 aromatic carbocycles. The first kappa shape index (κ1) is 15.4. The Hall–Kier alpha value is -1.66. The van der Waals surface area contributed by atoms with Crippen LogP contribution < -0.4 is 11.1 Å². The van der Waals surface area contributed by atoms with Gasteiger partial charge >= 0.3 is 0 Å². The summed E-state index contributed by atoms with van der Waals surface area (Å²) in [6.07, 6.45) is 0. The smallest absolute Gasteiger partial charge is 0.270 e. The number of hydrogen-bond donors (Lipinski definition) is 2. The summed E-state index contributed by atoms with van der Waals surface area (Å²) >= 11 is 5.96. The van der Waals surface area contributed by atoms with Crippen LogP contribution in [0, 0.1) is 16.0 Å². The Morgan fingerprint density at radius 1 is 1.53 bits per heavy atom. The van der Waals surface area contributed by atoms with E-state index in [4.69, 9.17) is 17.3 Å². The molecule has 0 aromatic heterocycles. The number of nitro groups is 1. The first-order valence-electron chi connectivity index (χ1n) is 5.78. The number of non-ortho nitro benzene ring substituents is 1. The molecule has 0 bridgehead atoms. The molecule has 19 heavy (non-hydrogen) atoms. The maximum Gasteiger partial charge on any atom is 0.270 e. The zero-order valence-electron chi connectivity index (χ0n) is 10.7. The number of carbonyl (C=O) groups excluding carboxylic acids is 1. The lowest BCUT2D eigenvalue weighted by Crippen LogP contribution is -2.44. The van der Waals surface area contributed by atoms with Gasteiger partial charge in [0.2, 0.25) is 5.91 Å². The largest absolute Gasteiger partial charge is 0.368 e. The maximum absolute atomic E-state index is 11.2. The van der Waals surface area contributed by atoms with E-state index in [9.17, 15) is 14.9 Å². The Morgan fingerprint density at radius 2 is 2.16 bits per heavy atom. The molecule has 0 aliphatic rings. The molecule has 1 unspecified atom stereocenters. The maximum atomic E-state index is 11.2. The average molecular weight is 286 g/mol. The number of hydrogen-bond acceptors (Lipinski definition) is 4. The lowest BCUT2D eigenvalue weighted by atomic mass is 10.0. The number of primary amides is 1. The van der Waals surface area contributed by atoms with Crippen molar-refractivity contribution in [3.05, 3.63) is 38.9 Å². The van der Waals surface area contributed by atoms with Gasteiger partial charge in [0.25, 0.3) is 5.69 Å². The van der Waals surface area contributed by atoms with E-state index in [1.54, 1.807) is 6.07 Å². The van der Waals surface area contributed by atoms with Gasteiger partial charge in [0.1, 0.15) is 0 Å². The molecular formula is C12H16ClN3O3. The summed E-state index contributed by atoms with van der Waals surface area (Å²) in [5.74, 6) is -0.387. The van der Waals surface area contributed by atoms with Crippen LogP contribution in [0.3, 0.4) is 0 Å². The molecule has 6 nitrogen and oxygen atoms in total. The number of nitro benzene ring substituents is 1. The Morgan fingerprint density at radius 3 is 2.58 bits per heavy atom. The quantitative estimate of drug-likeness (QED) is 0.615. The molecule has 1 rings (SSSR count). The fourth-order valence-electron chi connectivity index (χ4n) is 1.68. The minimum Gasteiger partial charge on any atom is -0.368 e. The van der Waals surface area contributed by atoms with Gasteiger partial charge < -0.3 is 11.1 Å². The van der Waals surface area contributed by atoms with Gasteiger partial charge in [-0.15, -0.1) is 0 Å². The number of amides is 1. The molecule has 0 radical (unpaired) electrons. The number of carbonyl (C=O) groups is 1. The Kier molecular flexibility index (Phi) is 5.26. The summed E-state index contributed by atoms with van der Waals surface area (Å²) in [7, 11) is 0. The van der Waals surface area contributed by atoms with Gasteiger partial charge in [0.15, 0.2) is 0 Å². The molecule has 7 heteroatoms. The summed E-state index contributed by atoms with van der Waals surface area (Å²) in [6, 6.07) is 3.75. The number of nitrogens with two attached hydrogens (primary N) is 1. The number of benzene rings is 1. The van der Waals surface area contributed by atoms with Crippen LogP contribution in [0.1, 0.15) is 19.4 Å². The molecule has 0 saturated heterocycles. The zero-order valence-corrected chi connectivity index (χ0v) is 11.5. The highest BCUT2D eigenvalue weighted by Gasteiger charge is 2.19. The molecular weight excluding hydrogens is 270 g/mol. The van der Waals surface area contributed by atoms with E-state index in [0.29, 0.717) is 12.1 Å². The second-order valence-electron chi connectivity index (χ2n) is 4.54. The monoisotopic (exact) mass is 285 g/mol. The zero-order chi connectivity index (χ0) is 14.6. The summed E-state index contributed by atoms with van der Waals surface area (Å²) in [5.41, 5.74) is 5.89. The average Bonchev–Trinajstić information content (AvgIpc) is 2.29. The van der Waals surface area contributed by atoms with Crippen molar-refractivity contribution in [1.29, 1.82) is 0 Å². The van der Waals surface area contributed by atoms with Gasteiger partial charge in [0, 0.05) is 18.7 Å². The highest BCUT2D eigenvalue weighted by atomic mass is 35.5. The van der Waals surface area contributed by atoms with Crippen molar-refractivity contribution < 1.29 is 9.72 Å². The first-order chi connectivity index (χ1) is 8.82. The summed E-state index contributed by atoms with van der Waals surface area (Å²) < 4.78 is 0.